The molecule has 7 heteroatoms. The van der Waals surface area contributed by atoms with E-state index in [1.165, 1.54) is 24.5 Å². The molecule has 6 nitrogen and oxygen atoms in total. The number of fused-ring (bicyclic) bond motifs is 1. The molecule has 2 heterocycles. The zero-order chi connectivity index (χ0) is 15.9. The second kappa shape index (κ2) is 5.27. The first kappa shape index (κ1) is 14.3. The van der Waals surface area contributed by atoms with E-state index in [-0.39, 0.29) is 5.56 Å². The highest BCUT2D eigenvalue weighted by Gasteiger charge is 2.14. The van der Waals surface area contributed by atoms with Crippen molar-refractivity contribution in [2.45, 2.75) is 6.92 Å². The molecule has 2 aromatic heterocycles. The fraction of sp³-hybridized carbons (Fsp3) is 0.133. The molecule has 0 spiro atoms. The van der Waals surface area contributed by atoms with Crippen molar-refractivity contribution in [3.8, 4) is 5.69 Å². The predicted octanol–water partition coefficient (Wildman–Crippen LogP) is 1.84. The van der Waals surface area contributed by atoms with Crippen LogP contribution in [0.25, 0.3) is 15.9 Å². The van der Waals surface area contributed by atoms with Gasteiger partial charge in [0.15, 0.2) is 0 Å². The summed E-state index contributed by atoms with van der Waals surface area (Å²) in [7, 11) is 1.27. The van der Waals surface area contributed by atoms with Crippen LogP contribution in [-0.4, -0.2) is 22.6 Å². The molecule has 0 aliphatic heterocycles. The number of carbonyl (C=O) groups excluding carboxylic acids is 1. The van der Waals surface area contributed by atoms with Crippen LogP contribution < -0.4 is 11.2 Å². The van der Waals surface area contributed by atoms with E-state index in [0.717, 1.165) is 10.1 Å². The summed E-state index contributed by atoms with van der Waals surface area (Å²) in [4.78, 5) is 39.7. The van der Waals surface area contributed by atoms with Gasteiger partial charge in [0.25, 0.3) is 5.56 Å². The van der Waals surface area contributed by atoms with E-state index in [9.17, 15) is 14.4 Å². The summed E-state index contributed by atoms with van der Waals surface area (Å²) in [5.74, 6) is -0.529. The van der Waals surface area contributed by atoms with Gasteiger partial charge >= 0.3 is 11.7 Å². The molecule has 22 heavy (non-hydrogen) atoms. The molecule has 1 N–H and O–H groups in total. The molecule has 0 aliphatic rings. The van der Waals surface area contributed by atoms with Crippen LogP contribution in [0.2, 0.25) is 0 Å². The van der Waals surface area contributed by atoms with Gasteiger partial charge in [-0.05, 0) is 36.1 Å². The number of ether oxygens (including phenoxy) is 1. The van der Waals surface area contributed by atoms with Gasteiger partial charge in [0.2, 0.25) is 0 Å². The minimum absolute atomic E-state index is 0.272. The van der Waals surface area contributed by atoms with Crippen molar-refractivity contribution in [3.63, 3.8) is 0 Å². The van der Waals surface area contributed by atoms with Crippen LogP contribution in [-0.2, 0) is 4.74 Å². The van der Waals surface area contributed by atoms with Gasteiger partial charge in [-0.3, -0.25) is 9.78 Å². The summed E-state index contributed by atoms with van der Waals surface area (Å²) in [6, 6.07) is 6.20. The second-order valence-electron chi connectivity index (χ2n) is 4.74. The van der Waals surface area contributed by atoms with Gasteiger partial charge in [-0.15, -0.1) is 11.3 Å². The Morgan fingerprint density at radius 3 is 2.82 bits per heavy atom. The standard InChI is InChI=1S/C15H12N2O4S/c1-8-7-22-12-11(8)13(18)17(15(20)16-12)10-5-3-4-9(6-10)14(19)21-2/h3-7H,1-2H3,(H,16,20). The molecule has 1 aromatic carbocycles. The number of H-pyrrole nitrogens is 1. The lowest BCUT2D eigenvalue weighted by atomic mass is 10.2. The van der Waals surface area contributed by atoms with Gasteiger partial charge in [-0.2, -0.15) is 0 Å². The number of hydrogen-bond acceptors (Lipinski definition) is 5. The van der Waals surface area contributed by atoms with Crippen LogP contribution in [0, 0.1) is 6.92 Å². The highest BCUT2D eigenvalue weighted by atomic mass is 32.1. The van der Waals surface area contributed by atoms with Crippen molar-refractivity contribution in [1.29, 1.82) is 0 Å². The van der Waals surface area contributed by atoms with E-state index >= 15 is 0 Å². The highest BCUT2D eigenvalue weighted by molar-refractivity contribution is 7.16. The fourth-order valence-electron chi connectivity index (χ4n) is 2.28. The zero-order valence-corrected chi connectivity index (χ0v) is 12.7. The molecule has 0 bridgehead atoms. The number of nitrogens with zero attached hydrogens (tertiary/aromatic N) is 1. The molecule has 0 fully saturated rings. The second-order valence-corrected chi connectivity index (χ2v) is 5.62. The molecule has 3 rings (SSSR count). The maximum Gasteiger partial charge on any atom is 0.337 e. The molecular formula is C15H12N2O4S. The van der Waals surface area contributed by atoms with Gasteiger partial charge < -0.3 is 4.74 Å². The first-order valence-electron chi connectivity index (χ1n) is 6.45. The summed E-state index contributed by atoms with van der Waals surface area (Å²) >= 11 is 1.31. The monoisotopic (exact) mass is 316 g/mol. The number of aromatic amines is 1. The lowest BCUT2D eigenvalue weighted by Crippen LogP contribution is -2.33. The molecule has 0 saturated carbocycles. The third-order valence-electron chi connectivity index (χ3n) is 3.34. The molecule has 0 aliphatic carbocycles. The molecule has 0 radical (unpaired) electrons. The van der Waals surface area contributed by atoms with E-state index in [0.29, 0.717) is 15.9 Å². The normalized spacial score (nSPS) is 10.8. The summed E-state index contributed by atoms with van der Waals surface area (Å²) < 4.78 is 5.68. The number of methoxy groups -OCH3 is 1. The summed E-state index contributed by atoms with van der Waals surface area (Å²) in [6.07, 6.45) is 0. The number of esters is 1. The molecule has 112 valence electrons. The van der Waals surface area contributed by atoms with Crippen LogP contribution >= 0.6 is 11.3 Å². The Bertz CT molecular complexity index is 997. The van der Waals surface area contributed by atoms with Crippen molar-refractivity contribution in [2.24, 2.45) is 0 Å². The highest BCUT2D eigenvalue weighted by Crippen LogP contribution is 2.19. The maximum atomic E-state index is 12.6. The van der Waals surface area contributed by atoms with Crippen molar-refractivity contribution in [1.82, 2.24) is 9.55 Å². The van der Waals surface area contributed by atoms with Gasteiger partial charge in [0.05, 0.1) is 23.7 Å². The average Bonchev–Trinajstić information content (AvgIpc) is 2.88. The van der Waals surface area contributed by atoms with Gasteiger partial charge in [-0.1, -0.05) is 6.07 Å². The quantitative estimate of drug-likeness (QED) is 0.731. The Balaban J connectivity index is 2.31. The Labute approximate surface area is 128 Å². The molecule has 3 aromatic rings. The van der Waals surface area contributed by atoms with Crippen molar-refractivity contribution in [3.05, 3.63) is 61.6 Å². The van der Waals surface area contributed by atoms with E-state index < -0.39 is 17.2 Å². The number of benzene rings is 1. The summed E-state index contributed by atoms with van der Waals surface area (Å²) in [5.41, 5.74) is 0.454. The molecular weight excluding hydrogens is 304 g/mol. The minimum Gasteiger partial charge on any atom is -0.465 e. The average molecular weight is 316 g/mol. The lowest BCUT2D eigenvalue weighted by molar-refractivity contribution is 0.0600. The van der Waals surface area contributed by atoms with E-state index in [1.54, 1.807) is 18.2 Å². The van der Waals surface area contributed by atoms with Crippen molar-refractivity contribution in [2.75, 3.05) is 7.11 Å². The Kier molecular flexibility index (Phi) is 3.42. The van der Waals surface area contributed by atoms with Crippen molar-refractivity contribution >= 4 is 27.5 Å². The van der Waals surface area contributed by atoms with Crippen LogP contribution in [0.3, 0.4) is 0 Å². The number of aromatic nitrogens is 2. The number of aryl methyl sites for hydroxylation is 1. The smallest absolute Gasteiger partial charge is 0.337 e. The third-order valence-corrected chi connectivity index (χ3v) is 4.35. The van der Waals surface area contributed by atoms with Gasteiger partial charge in [-0.25, -0.2) is 14.2 Å². The minimum atomic E-state index is -0.540. The fourth-order valence-corrected chi connectivity index (χ4v) is 3.21. The Hall–Kier alpha value is -2.67. The topological polar surface area (TPSA) is 81.2 Å². The van der Waals surface area contributed by atoms with Gasteiger partial charge in [0, 0.05) is 0 Å². The molecule has 0 saturated heterocycles. The van der Waals surface area contributed by atoms with Crippen molar-refractivity contribution < 1.29 is 9.53 Å². The number of thiophene rings is 1. The van der Waals surface area contributed by atoms with Crippen LogP contribution in [0.1, 0.15) is 15.9 Å². The molecule has 0 amide bonds. The number of carbonyl (C=O) groups is 1. The predicted molar refractivity (Wildman–Crippen MR) is 84.1 cm³/mol. The van der Waals surface area contributed by atoms with E-state index in [2.05, 4.69) is 9.72 Å². The SMILES string of the molecule is COC(=O)c1cccc(-n2c(=O)[nH]c3scc(C)c3c2=O)c1. The number of rotatable bonds is 2. The number of nitrogens with one attached hydrogen (secondary N) is 1. The first-order valence-corrected chi connectivity index (χ1v) is 7.33. The van der Waals surface area contributed by atoms with Gasteiger partial charge in [0.1, 0.15) is 4.83 Å². The third kappa shape index (κ3) is 2.15. The molecule has 0 atom stereocenters. The van der Waals surface area contributed by atoms with Crippen LogP contribution in [0.4, 0.5) is 0 Å². The zero-order valence-electron chi connectivity index (χ0n) is 11.9. The lowest BCUT2D eigenvalue weighted by Gasteiger charge is -2.06. The largest absolute Gasteiger partial charge is 0.465 e. The number of hydrogen-bond donors (Lipinski definition) is 1. The maximum absolute atomic E-state index is 12.6. The Morgan fingerprint density at radius 2 is 2.09 bits per heavy atom. The van der Waals surface area contributed by atoms with Crippen LogP contribution in [0.15, 0.2) is 39.2 Å². The van der Waals surface area contributed by atoms with Crippen LogP contribution in [0.5, 0.6) is 0 Å². The molecule has 0 unspecified atom stereocenters. The summed E-state index contributed by atoms with van der Waals surface area (Å²) in [6.45, 7) is 1.81. The first-order chi connectivity index (χ1) is 10.5. The van der Waals surface area contributed by atoms with E-state index in [4.69, 9.17) is 0 Å². The Morgan fingerprint density at radius 1 is 1.32 bits per heavy atom. The van der Waals surface area contributed by atoms with E-state index in [1.807, 2.05) is 12.3 Å². The summed E-state index contributed by atoms with van der Waals surface area (Å²) in [5, 5.41) is 2.30.